The third kappa shape index (κ3) is 12.3. The van der Waals surface area contributed by atoms with Crippen LogP contribution in [-0.4, -0.2) is 27.5 Å². The molecule has 0 amide bonds. The molecule has 3 nitrogen and oxygen atoms in total. The van der Waals surface area contributed by atoms with E-state index in [2.05, 4.69) is 6.92 Å². The second-order valence-corrected chi connectivity index (χ2v) is 7.77. The molecule has 0 atom stereocenters. The Kier molecular flexibility index (Phi) is 5.38. The molecule has 0 bridgehead atoms. The Hall–Kier alpha value is 0.310. The molecule has 0 radical (unpaired) electrons. The molecule has 0 aliphatic carbocycles. The molecule has 0 rings (SSSR count). The number of unbranched alkanes of at least 4 members (excludes halogenated alkanes) is 5. The van der Waals surface area contributed by atoms with E-state index in [-0.39, 0.29) is 6.16 Å². The van der Waals surface area contributed by atoms with E-state index in [1.807, 2.05) is 0 Å². The summed E-state index contributed by atoms with van der Waals surface area (Å²) in [5.74, 6) is 0. The topological polar surface area (TPSA) is 60.7 Å². The fourth-order valence-electron chi connectivity index (χ4n) is 1.26. The predicted octanol–water partition coefficient (Wildman–Crippen LogP) is 2.25. The first-order chi connectivity index (χ1) is 5.81. The normalized spacial score (nSPS) is 15.3. The van der Waals surface area contributed by atoms with Crippen molar-refractivity contribution >= 4 is 7.28 Å². The average molecular weight is 210 g/mol. The monoisotopic (exact) mass is 210 g/mol. The van der Waals surface area contributed by atoms with Gasteiger partial charge in [-0.15, -0.1) is 0 Å². The third-order valence-electron chi connectivity index (χ3n) is 2.04. The second kappa shape index (κ2) is 5.26. The van der Waals surface area contributed by atoms with E-state index >= 15 is 0 Å². The SMILES string of the molecule is CCCCCCCCP(C)(O)(O)O. The maximum atomic E-state index is 9.13. The molecule has 13 heavy (non-hydrogen) atoms. The van der Waals surface area contributed by atoms with E-state index in [4.69, 9.17) is 14.7 Å². The van der Waals surface area contributed by atoms with Gasteiger partial charge in [0.1, 0.15) is 0 Å². The van der Waals surface area contributed by atoms with Crippen LogP contribution in [0.4, 0.5) is 0 Å². The molecule has 0 spiro atoms. The summed E-state index contributed by atoms with van der Waals surface area (Å²) in [6.45, 7) is 3.31. The van der Waals surface area contributed by atoms with Gasteiger partial charge in [0, 0.05) is 0 Å². The van der Waals surface area contributed by atoms with Crippen molar-refractivity contribution in [3.05, 3.63) is 0 Å². The molecule has 0 aromatic rings. The van der Waals surface area contributed by atoms with E-state index in [9.17, 15) is 0 Å². The van der Waals surface area contributed by atoms with Crippen LogP contribution in [0.25, 0.3) is 0 Å². The molecule has 0 unspecified atom stereocenters. The van der Waals surface area contributed by atoms with Gasteiger partial charge in [-0.3, -0.25) is 0 Å². The Morgan fingerprint density at radius 1 is 0.846 bits per heavy atom. The van der Waals surface area contributed by atoms with E-state index in [1.165, 1.54) is 19.3 Å². The summed E-state index contributed by atoms with van der Waals surface area (Å²) >= 11 is 0. The van der Waals surface area contributed by atoms with Crippen molar-refractivity contribution in [3.63, 3.8) is 0 Å². The second-order valence-electron chi connectivity index (χ2n) is 4.10. The standard InChI is InChI=1S/C9H23O3P/c1-3-4-5-6-7-8-9-13(2,10,11)12/h10-12H,3-9H2,1-2H3. The van der Waals surface area contributed by atoms with Crippen molar-refractivity contribution in [1.82, 2.24) is 0 Å². The fourth-order valence-corrected chi connectivity index (χ4v) is 2.23. The Labute approximate surface area is 81.0 Å². The third-order valence-corrected chi connectivity index (χ3v) is 3.40. The van der Waals surface area contributed by atoms with Crippen LogP contribution in [0.3, 0.4) is 0 Å². The molecule has 0 saturated carbocycles. The average Bonchev–Trinajstić information content (AvgIpc) is 1.93. The van der Waals surface area contributed by atoms with Crippen LogP contribution in [0.2, 0.25) is 0 Å². The summed E-state index contributed by atoms with van der Waals surface area (Å²) in [4.78, 5) is 27.4. The first-order valence-corrected chi connectivity index (χ1v) is 7.80. The van der Waals surface area contributed by atoms with Gasteiger partial charge in [0.2, 0.25) is 0 Å². The van der Waals surface area contributed by atoms with Crippen LogP contribution in [-0.2, 0) is 0 Å². The Bertz CT molecular complexity index is 130. The van der Waals surface area contributed by atoms with Gasteiger partial charge in [-0.2, -0.15) is 0 Å². The van der Waals surface area contributed by atoms with E-state index in [1.54, 1.807) is 0 Å². The van der Waals surface area contributed by atoms with Crippen molar-refractivity contribution in [2.24, 2.45) is 0 Å². The Morgan fingerprint density at radius 2 is 1.31 bits per heavy atom. The molecule has 0 heterocycles. The molecule has 3 N–H and O–H groups in total. The van der Waals surface area contributed by atoms with Gasteiger partial charge in [-0.05, 0) is 0 Å². The zero-order chi connectivity index (χ0) is 10.4. The van der Waals surface area contributed by atoms with Crippen LogP contribution in [0, 0.1) is 0 Å². The molecule has 0 fully saturated rings. The van der Waals surface area contributed by atoms with E-state index in [0.717, 1.165) is 19.5 Å². The van der Waals surface area contributed by atoms with E-state index in [0.29, 0.717) is 6.42 Å². The molecule has 0 saturated heterocycles. The Balaban J connectivity index is 3.27. The van der Waals surface area contributed by atoms with Gasteiger partial charge in [-0.1, -0.05) is 0 Å². The van der Waals surface area contributed by atoms with Gasteiger partial charge in [-0.25, -0.2) is 0 Å². The molecule has 0 aliphatic rings. The van der Waals surface area contributed by atoms with Crippen molar-refractivity contribution in [1.29, 1.82) is 0 Å². The number of hydrogen-bond acceptors (Lipinski definition) is 3. The molecule has 0 aromatic carbocycles. The van der Waals surface area contributed by atoms with Crippen molar-refractivity contribution in [2.75, 3.05) is 12.8 Å². The zero-order valence-electron chi connectivity index (χ0n) is 8.74. The summed E-state index contributed by atoms with van der Waals surface area (Å²) in [5.41, 5.74) is 0. The van der Waals surface area contributed by atoms with Crippen molar-refractivity contribution < 1.29 is 14.7 Å². The number of hydrogen-bond donors (Lipinski definition) is 3. The maximum absolute atomic E-state index is 9.13. The molecule has 0 aromatic heterocycles. The minimum atomic E-state index is -4.18. The molecular weight excluding hydrogens is 187 g/mol. The minimum absolute atomic E-state index is 0.151. The molecule has 82 valence electrons. The Morgan fingerprint density at radius 3 is 1.77 bits per heavy atom. The molecular formula is C9H23O3P. The first kappa shape index (κ1) is 13.3. The van der Waals surface area contributed by atoms with Crippen molar-refractivity contribution in [2.45, 2.75) is 45.4 Å². The van der Waals surface area contributed by atoms with Gasteiger partial charge < -0.3 is 0 Å². The van der Waals surface area contributed by atoms with Gasteiger partial charge >= 0.3 is 80.2 Å². The summed E-state index contributed by atoms with van der Waals surface area (Å²) < 4.78 is 0. The summed E-state index contributed by atoms with van der Waals surface area (Å²) in [7, 11) is -4.18. The summed E-state index contributed by atoms with van der Waals surface area (Å²) in [6, 6.07) is 0. The van der Waals surface area contributed by atoms with Crippen LogP contribution < -0.4 is 0 Å². The molecule has 0 aliphatic heterocycles. The zero-order valence-corrected chi connectivity index (χ0v) is 9.63. The predicted molar refractivity (Wildman–Crippen MR) is 57.7 cm³/mol. The van der Waals surface area contributed by atoms with Gasteiger partial charge in [0.05, 0.1) is 0 Å². The van der Waals surface area contributed by atoms with Crippen LogP contribution in [0.5, 0.6) is 0 Å². The van der Waals surface area contributed by atoms with Crippen LogP contribution in [0.15, 0.2) is 0 Å². The van der Waals surface area contributed by atoms with Crippen LogP contribution in [0.1, 0.15) is 45.4 Å². The first-order valence-electron chi connectivity index (χ1n) is 5.07. The van der Waals surface area contributed by atoms with Crippen molar-refractivity contribution in [3.8, 4) is 0 Å². The quantitative estimate of drug-likeness (QED) is 0.446. The fraction of sp³-hybridized carbons (Fsp3) is 1.00. The summed E-state index contributed by atoms with van der Waals surface area (Å²) in [6.07, 6.45) is 6.63. The molecule has 4 heteroatoms. The number of rotatable bonds is 7. The van der Waals surface area contributed by atoms with Gasteiger partial charge in [0.25, 0.3) is 0 Å². The van der Waals surface area contributed by atoms with Gasteiger partial charge in [0.15, 0.2) is 0 Å². The van der Waals surface area contributed by atoms with E-state index < -0.39 is 7.28 Å². The summed E-state index contributed by atoms with van der Waals surface area (Å²) in [5, 5.41) is 0. The van der Waals surface area contributed by atoms with Crippen LogP contribution >= 0.6 is 7.28 Å².